The number of esters is 1. The van der Waals surface area contributed by atoms with Crippen molar-refractivity contribution in [1.29, 1.82) is 0 Å². The van der Waals surface area contributed by atoms with Gasteiger partial charge in [0.15, 0.2) is 13.2 Å². The van der Waals surface area contributed by atoms with Gasteiger partial charge in [-0.2, -0.15) is 0 Å². The summed E-state index contributed by atoms with van der Waals surface area (Å²) in [5.74, 6) is -1.24. The molecule has 5 nitrogen and oxygen atoms in total. The molecule has 1 N–H and O–H groups in total. The van der Waals surface area contributed by atoms with Crippen LogP contribution in [0.5, 0.6) is 5.75 Å². The van der Waals surface area contributed by atoms with E-state index in [4.69, 9.17) is 21.1 Å². The van der Waals surface area contributed by atoms with Crippen molar-refractivity contribution in [2.75, 3.05) is 18.5 Å². The first kappa shape index (κ1) is 18.7. The Balaban J connectivity index is 1.78. The number of carbonyl (C=O) groups is 2. The quantitative estimate of drug-likeness (QED) is 0.793. The molecule has 0 heterocycles. The van der Waals surface area contributed by atoms with Gasteiger partial charge in [-0.3, -0.25) is 4.79 Å². The fourth-order valence-corrected chi connectivity index (χ4v) is 2.16. The lowest BCUT2D eigenvalue weighted by Gasteiger charge is -2.11. The first-order valence-corrected chi connectivity index (χ1v) is 7.84. The molecule has 0 atom stereocenters. The van der Waals surface area contributed by atoms with Gasteiger partial charge in [0.2, 0.25) is 0 Å². The van der Waals surface area contributed by atoms with Crippen molar-refractivity contribution in [2.45, 2.75) is 13.8 Å². The third-order valence-electron chi connectivity index (χ3n) is 3.47. The first-order chi connectivity index (χ1) is 11.9. The van der Waals surface area contributed by atoms with E-state index in [2.05, 4.69) is 5.32 Å². The number of halogens is 2. The van der Waals surface area contributed by atoms with Crippen LogP contribution in [0.3, 0.4) is 0 Å². The van der Waals surface area contributed by atoms with Gasteiger partial charge in [-0.1, -0.05) is 23.7 Å². The molecule has 0 bridgehead atoms. The number of hydrogen-bond acceptors (Lipinski definition) is 4. The summed E-state index contributed by atoms with van der Waals surface area (Å²) in [6, 6.07) is 9.25. The molecule has 0 saturated heterocycles. The molecule has 0 aliphatic heterocycles. The number of hydrogen-bond donors (Lipinski definition) is 1. The molecule has 2 aromatic rings. The average Bonchev–Trinajstić information content (AvgIpc) is 2.57. The normalized spacial score (nSPS) is 10.2. The summed E-state index contributed by atoms with van der Waals surface area (Å²) in [6.45, 7) is 3.04. The lowest BCUT2D eigenvalue weighted by atomic mass is 10.1. The molecule has 25 heavy (non-hydrogen) atoms. The lowest BCUT2D eigenvalue weighted by molar-refractivity contribution is -0.149. The predicted octanol–water partition coefficient (Wildman–Crippen LogP) is 3.66. The van der Waals surface area contributed by atoms with Crippen molar-refractivity contribution in [3.63, 3.8) is 0 Å². The highest BCUT2D eigenvalue weighted by atomic mass is 35.5. The van der Waals surface area contributed by atoms with Crippen LogP contribution in [0.1, 0.15) is 11.1 Å². The van der Waals surface area contributed by atoms with Crippen LogP contribution in [0.2, 0.25) is 5.02 Å². The minimum atomic E-state index is -0.673. The van der Waals surface area contributed by atoms with Crippen LogP contribution in [0.4, 0.5) is 10.1 Å². The third kappa shape index (κ3) is 5.46. The highest BCUT2D eigenvalue weighted by Crippen LogP contribution is 2.20. The van der Waals surface area contributed by atoms with Gasteiger partial charge < -0.3 is 14.8 Å². The minimum absolute atomic E-state index is 0.114. The van der Waals surface area contributed by atoms with Crippen LogP contribution >= 0.6 is 11.6 Å². The Morgan fingerprint density at radius 2 is 1.92 bits per heavy atom. The molecular weight excluding hydrogens is 349 g/mol. The number of ether oxygens (including phenoxy) is 2. The fourth-order valence-electron chi connectivity index (χ4n) is 1.98. The Kier molecular flexibility index (Phi) is 6.36. The maximum absolute atomic E-state index is 13.0. The Labute approximate surface area is 149 Å². The van der Waals surface area contributed by atoms with Gasteiger partial charge in [0.1, 0.15) is 11.6 Å². The Morgan fingerprint density at radius 3 is 2.64 bits per heavy atom. The van der Waals surface area contributed by atoms with Crippen molar-refractivity contribution in [2.24, 2.45) is 0 Å². The second-order valence-corrected chi connectivity index (χ2v) is 5.73. The molecule has 2 aromatic carbocycles. The van der Waals surface area contributed by atoms with Crippen LogP contribution in [0.25, 0.3) is 0 Å². The van der Waals surface area contributed by atoms with Gasteiger partial charge in [-0.15, -0.1) is 0 Å². The van der Waals surface area contributed by atoms with E-state index >= 15 is 0 Å². The van der Waals surface area contributed by atoms with Crippen molar-refractivity contribution >= 4 is 29.2 Å². The standard InChI is InChI=1S/C18H17ClFNO4/c1-11-4-3-5-16(12(11)2)24-10-18(23)25-9-17(22)21-13-6-7-15(20)14(19)8-13/h3-8H,9-10H2,1-2H3,(H,21,22). The molecule has 0 saturated carbocycles. The molecule has 132 valence electrons. The van der Waals surface area contributed by atoms with E-state index in [1.54, 1.807) is 6.07 Å². The molecule has 0 aliphatic rings. The maximum Gasteiger partial charge on any atom is 0.344 e. The number of rotatable bonds is 6. The highest BCUT2D eigenvalue weighted by molar-refractivity contribution is 6.31. The molecular formula is C18H17ClFNO4. The Bertz CT molecular complexity index is 795. The van der Waals surface area contributed by atoms with E-state index < -0.39 is 24.3 Å². The van der Waals surface area contributed by atoms with Gasteiger partial charge >= 0.3 is 5.97 Å². The number of anilines is 1. The van der Waals surface area contributed by atoms with Crippen molar-refractivity contribution in [1.82, 2.24) is 0 Å². The molecule has 0 unspecified atom stereocenters. The lowest BCUT2D eigenvalue weighted by Crippen LogP contribution is -2.23. The second-order valence-electron chi connectivity index (χ2n) is 5.32. The largest absolute Gasteiger partial charge is 0.482 e. The van der Waals surface area contributed by atoms with Crippen LogP contribution in [0.15, 0.2) is 36.4 Å². The van der Waals surface area contributed by atoms with Crippen molar-refractivity contribution in [3.8, 4) is 5.75 Å². The zero-order chi connectivity index (χ0) is 18.4. The van der Waals surface area contributed by atoms with E-state index in [1.807, 2.05) is 26.0 Å². The van der Waals surface area contributed by atoms with Gasteiger partial charge in [0.05, 0.1) is 5.02 Å². The van der Waals surface area contributed by atoms with Crippen LogP contribution in [0, 0.1) is 19.7 Å². The maximum atomic E-state index is 13.0. The number of nitrogens with one attached hydrogen (secondary N) is 1. The number of carbonyl (C=O) groups excluding carboxylic acids is 2. The smallest absolute Gasteiger partial charge is 0.344 e. The van der Waals surface area contributed by atoms with Crippen LogP contribution in [-0.2, 0) is 14.3 Å². The molecule has 0 fully saturated rings. The summed E-state index contributed by atoms with van der Waals surface area (Å²) in [4.78, 5) is 23.4. The van der Waals surface area contributed by atoms with E-state index in [0.717, 1.165) is 17.2 Å². The molecule has 0 aliphatic carbocycles. The summed E-state index contributed by atoms with van der Waals surface area (Å²) in [5, 5.41) is 2.33. The number of aryl methyl sites for hydroxylation is 1. The average molecular weight is 366 g/mol. The van der Waals surface area contributed by atoms with E-state index in [9.17, 15) is 14.0 Å². The van der Waals surface area contributed by atoms with E-state index in [0.29, 0.717) is 11.4 Å². The van der Waals surface area contributed by atoms with Crippen molar-refractivity contribution < 1.29 is 23.5 Å². The summed E-state index contributed by atoms with van der Waals surface area (Å²) in [5.41, 5.74) is 2.28. The summed E-state index contributed by atoms with van der Waals surface area (Å²) < 4.78 is 23.3. The second kappa shape index (κ2) is 8.48. The summed E-state index contributed by atoms with van der Waals surface area (Å²) in [7, 11) is 0. The van der Waals surface area contributed by atoms with E-state index in [-0.39, 0.29) is 11.6 Å². The summed E-state index contributed by atoms with van der Waals surface area (Å²) >= 11 is 5.62. The third-order valence-corrected chi connectivity index (χ3v) is 3.76. The zero-order valence-corrected chi connectivity index (χ0v) is 14.5. The monoisotopic (exact) mass is 365 g/mol. The van der Waals surface area contributed by atoms with Crippen molar-refractivity contribution in [3.05, 3.63) is 58.4 Å². The Morgan fingerprint density at radius 1 is 1.16 bits per heavy atom. The van der Waals surface area contributed by atoms with Crippen LogP contribution < -0.4 is 10.1 Å². The molecule has 7 heteroatoms. The molecule has 0 spiro atoms. The van der Waals surface area contributed by atoms with Gasteiger partial charge in [-0.25, -0.2) is 9.18 Å². The van der Waals surface area contributed by atoms with Gasteiger partial charge in [0, 0.05) is 5.69 Å². The Hall–Kier alpha value is -2.60. The molecule has 2 rings (SSSR count). The van der Waals surface area contributed by atoms with E-state index in [1.165, 1.54) is 12.1 Å². The first-order valence-electron chi connectivity index (χ1n) is 7.46. The zero-order valence-electron chi connectivity index (χ0n) is 13.8. The fraction of sp³-hybridized carbons (Fsp3) is 0.222. The molecule has 0 radical (unpaired) electrons. The summed E-state index contributed by atoms with van der Waals surface area (Å²) in [6.07, 6.45) is 0. The number of benzene rings is 2. The topological polar surface area (TPSA) is 64.6 Å². The molecule has 0 aromatic heterocycles. The molecule has 1 amide bonds. The number of amides is 1. The van der Waals surface area contributed by atoms with Gasteiger partial charge in [-0.05, 0) is 49.2 Å². The highest BCUT2D eigenvalue weighted by Gasteiger charge is 2.11. The van der Waals surface area contributed by atoms with Gasteiger partial charge in [0.25, 0.3) is 5.91 Å². The predicted molar refractivity (Wildman–Crippen MR) is 92.4 cm³/mol. The minimum Gasteiger partial charge on any atom is -0.482 e. The van der Waals surface area contributed by atoms with Crippen LogP contribution in [-0.4, -0.2) is 25.1 Å². The SMILES string of the molecule is Cc1cccc(OCC(=O)OCC(=O)Nc2ccc(F)c(Cl)c2)c1C.